The zero-order valence-electron chi connectivity index (χ0n) is 21.8. The number of ether oxygens (including phenoxy) is 1. The van der Waals surface area contributed by atoms with Crippen molar-refractivity contribution < 1.29 is 46.2 Å². The molecule has 10 atom stereocenters. The van der Waals surface area contributed by atoms with E-state index in [1.165, 1.54) is 21.8 Å². The smallest absolute Gasteiger partial charge is 0.386 e. The van der Waals surface area contributed by atoms with Crippen LogP contribution in [0.4, 0.5) is 16.2 Å². The van der Waals surface area contributed by atoms with Gasteiger partial charge in [-0.1, -0.05) is 12.2 Å². The molecule has 0 aromatic carbocycles. The van der Waals surface area contributed by atoms with Crippen LogP contribution in [0.25, 0.3) is 22.3 Å². The second-order valence-corrected chi connectivity index (χ2v) is 15.7. The predicted molar refractivity (Wildman–Crippen MR) is 152 cm³/mol. The van der Waals surface area contributed by atoms with Crippen LogP contribution in [0, 0.1) is 0 Å². The van der Waals surface area contributed by atoms with E-state index < -0.39 is 80.7 Å². The van der Waals surface area contributed by atoms with Crippen LogP contribution < -0.4 is 17.1 Å². The molecule has 4 aromatic heterocycles. The van der Waals surface area contributed by atoms with Crippen LogP contribution in [-0.2, 0) is 39.2 Å². The molecule has 24 heteroatoms. The molecule has 3 unspecified atom stereocenters. The van der Waals surface area contributed by atoms with Gasteiger partial charge < -0.3 is 39.7 Å². The normalized spacial score (nSPS) is 38.0. The number of alkyl halides is 1. The number of nitrogens with two attached hydrogens (primary N) is 2. The van der Waals surface area contributed by atoms with Crippen molar-refractivity contribution in [1.29, 1.82) is 0 Å². The maximum atomic E-state index is 16.1. The number of halogens is 1. The lowest BCUT2D eigenvalue weighted by molar-refractivity contribution is -0.0539. The molecule has 3 fully saturated rings. The second kappa shape index (κ2) is 10.7. The summed E-state index contributed by atoms with van der Waals surface area (Å²) in [4.78, 5) is 43.4. The zero-order chi connectivity index (χ0) is 31.1. The van der Waals surface area contributed by atoms with Gasteiger partial charge in [-0.15, -0.1) is 0 Å². The number of nitrogen functional groups attached to an aromatic ring is 2. The molecular formula is C20H22FN9O10P2S2. The third-order valence-corrected chi connectivity index (χ3v) is 10.6. The Morgan fingerprint density at radius 2 is 1.80 bits per heavy atom. The molecule has 19 nitrogen and oxygen atoms in total. The van der Waals surface area contributed by atoms with E-state index in [0.717, 1.165) is 6.33 Å². The zero-order valence-corrected chi connectivity index (χ0v) is 25.3. The number of fused-ring (bicyclic) bond motifs is 5. The van der Waals surface area contributed by atoms with Gasteiger partial charge in [-0.25, -0.2) is 33.7 Å². The molecule has 0 amide bonds. The van der Waals surface area contributed by atoms with Crippen LogP contribution in [0.2, 0.25) is 0 Å². The number of aliphatic hydroxyl groups is 1. The molecule has 236 valence electrons. The van der Waals surface area contributed by atoms with Gasteiger partial charge in [0.2, 0.25) is 0 Å². The molecule has 4 aromatic rings. The summed E-state index contributed by atoms with van der Waals surface area (Å²) in [5.74, 6) is 0.0546. The molecule has 0 spiro atoms. The van der Waals surface area contributed by atoms with E-state index >= 15 is 4.39 Å². The molecule has 2 aliphatic heterocycles. The van der Waals surface area contributed by atoms with E-state index in [1.807, 2.05) is 0 Å². The fourth-order valence-electron chi connectivity index (χ4n) is 5.52. The number of aromatic nitrogens is 7. The number of rotatable bonds is 2. The van der Waals surface area contributed by atoms with E-state index in [0.29, 0.717) is 0 Å². The molecule has 1 saturated carbocycles. The average molecular weight is 694 g/mol. The number of aliphatic hydroxyl groups excluding tert-OH is 1. The van der Waals surface area contributed by atoms with E-state index in [-0.39, 0.29) is 34.6 Å². The van der Waals surface area contributed by atoms with Gasteiger partial charge in [0, 0.05) is 6.42 Å². The SMILES string of the molecule is Nc1nc2c(ncn2[C@@H]2C[C@@H]3OP(O)(=S)O[C@H]4[C@@H](F)[C@H](n5cnc6c(N)ncnc65)O[C@@H]4COP(=O)(S)O[C@@H]2C3O)c(=O)o1. The van der Waals surface area contributed by atoms with Crippen LogP contribution in [0.5, 0.6) is 0 Å². The summed E-state index contributed by atoms with van der Waals surface area (Å²) in [6.45, 7) is -9.29. The van der Waals surface area contributed by atoms with Gasteiger partial charge in [0.05, 0.1) is 31.4 Å². The Morgan fingerprint density at radius 1 is 1.05 bits per heavy atom. The highest BCUT2D eigenvalue weighted by Crippen LogP contribution is 2.60. The number of hydrogen-bond donors (Lipinski definition) is 5. The van der Waals surface area contributed by atoms with Crippen LogP contribution >= 0.6 is 25.8 Å². The van der Waals surface area contributed by atoms with Crippen molar-refractivity contribution >= 4 is 71.7 Å². The summed E-state index contributed by atoms with van der Waals surface area (Å²) < 4.78 is 65.2. The van der Waals surface area contributed by atoms with Gasteiger partial charge in [0.1, 0.15) is 36.3 Å². The van der Waals surface area contributed by atoms with Crippen molar-refractivity contribution in [3.8, 4) is 0 Å². The fourth-order valence-corrected chi connectivity index (χ4v) is 8.81. The Kier molecular flexibility index (Phi) is 7.33. The number of anilines is 2. The summed E-state index contributed by atoms with van der Waals surface area (Å²) in [5, 5.41) is 11.2. The minimum atomic E-state index is -4.34. The summed E-state index contributed by atoms with van der Waals surface area (Å²) >= 11 is 9.28. The molecule has 0 radical (unpaired) electrons. The molecule has 6 heterocycles. The molecule has 2 saturated heterocycles. The minimum Gasteiger partial charge on any atom is -0.388 e. The Bertz CT molecular complexity index is 1930. The lowest BCUT2D eigenvalue weighted by Gasteiger charge is -2.30. The van der Waals surface area contributed by atoms with Crippen molar-refractivity contribution in [1.82, 2.24) is 34.1 Å². The Labute approximate surface area is 254 Å². The Hall–Kier alpha value is -2.62. The first-order chi connectivity index (χ1) is 20.8. The van der Waals surface area contributed by atoms with Crippen molar-refractivity contribution in [2.24, 2.45) is 0 Å². The van der Waals surface area contributed by atoms with E-state index in [4.69, 9.17) is 50.5 Å². The molecule has 7 rings (SSSR count). The molecule has 3 aliphatic rings. The molecule has 6 N–H and O–H groups in total. The summed E-state index contributed by atoms with van der Waals surface area (Å²) in [6.07, 6.45) is -7.25. The minimum absolute atomic E-state index is 0.0302. The lowest BCUT2D eigenvalue weighted by atomic mass is 10.1. The predicted octanol–water partition coefficient (Wildman–Crippen LogP) is 0.370. The lowest BCUT2D eigenvalue weighted by Crippen LogP contribution is -2.37. The van der Waals surface area contributed by atoms with Crippen molar-refractivity contribution in [2.75, 3.05) is 18.1 Å². The van der Waals surface area contributed by atoms with Gasteiger partial charge >= 0.3 is 19.1 Å². The highest BCUT2D eigenvalue weighted by molar-refractivity contribution is 8.44. The van der Waals surface area contributed by atoms with Crippen LogP contribution in [-0.4, -0.2) is 87.4 Å². The van der Waals surface area contributed by atoms with E-state index in [1.54, 1.807) is 0 Å². The van der Waals surface area contributed by atoms with E-state index in [2.05, 4.69) is 37.2 Å². The maximum Gasteiger partial charge on any atom is 0.386 e. The van der Waals surface area contributed by atoms with Crippen LogP contribution in [0.3, 0.4) is 0 Å². The first-order valence-electron chi connectivity index (χ1n) is 12.7. The summed E-state index contributed by atoms with van der Waals surface area (Å²) in [6, 6.07) is -1.43. The van der Waals surface area contributed by atoms with Crippen LogP contribution in [0.1, 0.15) is 18.7 Å². The molecular weight excluding hydrogens is 671 g/mol. The first-order valence-corrected chi connectivity index (χ1v) is 18.0. The van der Waals surface area contributed by atoms with Crippen molar-refractivity contribution in [2.45, 2.75) is 55.4 Å². The number of imidazole rings is 2. The Balaban J connectivity index is 1.22. The number of thiol groups is 1. The number of nitrogens with zero attached hydrogens (tertiary/aromatic N) is 7. The van der Waals surface area contributed by atoms with Crippen molar-refractivity contribution in [3.05, 3.63) is 29.4 Å². The fraction of sp³-hybridized carbons (Fsp3) is 0.500. The molecule has 2 bridgehead atoms. The topological polar surface area (TPSA) is 260 Å². The van der Waals surface area contributed by atoms with Crippen LogP contribution in [0.15, 0.2) is 28.2 Å². The number of hydrogen-bond acceptors (Lipinski definition) is 17. The Morgan fingerprint density at radius 3 is 2.59 bits per heavy atom. The molecule has 1 aliphatic carbocycles. The highest BCUT2D eigenvalue weighted by atomic mass is 32.7. The standard InChI is InChI=1S/C20H22FN9O10P2S2/c21-9-14-8(36-18(9)30-5-26-10-15(22)24-3-25-16(10)30)2-35-41(33,43)39-13-6(1-7(12(13)31)38-42(34,44)40-14)29-4-27-11-17(29)28-20(23)37-19(11)32/h3-9,12-14,18,31H,1-2H2,(H2,23,28)(H,33,43)(H,34,44)(H2,22,24,25)/t6-,7+,8-,9-,12?,13+,14-,18-,41?,42?/m1/s1. The van der Waals surface area contributed by atoms with Gasteiger partial charge in [-0.3, -0.25) is 18.1 Å². The average Bonchev–Trinajstić information content (AvgIpc) is 3.70. The summed E-state index contributed by atoms with van der Waals surface area (Å²) in [5.41, 5.74) is 10.7. The summed E-state index contributed by atoms with van der Waals surface area (Å²) in [7, 11) is 0. The highest BCUT2D eigenvalue weighted by Gasteiger charge is 2.54. The molecule has 44 heavy (non-hydrogen) atoms. The largest absolute Gasteiger partial charge is 0.388 e. The third-order valence-electron chi connectivity index (χ3n) is 7.41. The van der Waals surface area contributed by atoms with Crippen molar-refractivity contribution in [3.63, 3.8) is 0 Å². The van der Waals surface area contributed by atoms with Gasteiger partial charge in [0.15, 0.2) is 35.0 Å². The van der Waals surface area contributed by atoms with Gasteiger partial charge in [-0.05, 0) is 11.8 Å². The maximum absolute atomic E-state index is 16.1. The second-order valence-electron chi connectivity index (χ2n) is 10.1. The van der Waals surface area contributed by atoms with Gasteiger partial charge in [-0.2, -0.15) is 4.98 Å². The van der Waals surface area contributed by atoms with Gasteiger partial charge in [0.25, 0.3) is 6.01 Å². The quantitative estimate of drug-likeness (QED) is 0.140. The first kappa shape index (κ1) is 30.1. The van der Waals surface area contributed by atoms with E-state index in [9.17, 15) is 19.4 Å². The third kappa shape index (κ3) is 5.13. The monoisotopic (exact) mass is 693 g/mol.